The van der Waals surface area contributed by atoms with E-state index in [0.29, 0.717) is 6.42 Å². The van der Waals surface area contributed by atoms with Crippen LogP contribution in [0.1, 0.15) is 33.1 Å². The van der Waals surface area contributed by atoms with E-state index in [1.165, 1.54) is 0 Å². The zero-order chi connectivity index (χ0) is 11.1. The van der Waals surface area contributed by atoms with Crippen LogP contribution in [0.4, 0.5) is 0 Å². The quantitative estimate of drug-likeness (QED) is 0.496. The summed E-state index contributed by atoms with van der Waals surface area (Å²) in [5, 5.41) is 8.33. The lowest BCUT2D eigenvalue weighted by Crippen LogP contribution is -2.13. The van der Waals surface area contributed by atoms with Gasteiger partial charge in [0.25, 0.3) is 0 Å². The molecule has 0 aromatic heterocycles. The van der Waals surface area contributed by atoms with Gasteiger partial charge < -0.3 is 9.90 Å². The lowest BCUT2D eigenvalue weighted by atomic mass is 9.91. The van der Waals surface area contributed by atoms with Crippen LogP contribution in [0.3, 0.4) is 0 Å². The molecular weight excluding hydrogens is 184 g/mol. The first-order valence-corrected chi connectivity index (χ1v) is 4.66. The first-order valence-electron chi connectivity index (χ1n) is 4.66. The second-order valence-corrected chi connectivity index (χ2v) is 3.62. The van der Waals surface area contributed by atoms with E-state index < -0.39 is 12.4 Å². The molecule has 0 aliphatic heterocycles. The molecule has 0 saturated carbocycles. The molecule has 0 aromatic rings. The van der Waals surface area contributed by atoms with E-state index in [9.17, 15) is 14.4 Å². The smallest absolute Gasteiger partial charge is 0.310 e. The molecule has 14 heavy (non-hydrogen) atoms. The SMILES string of the molecule is CC(C=O)C(C)CCC(=O)CC(=O)O. The number of Topliss-reactive ketones (excluding diaryl/α,β-unsaturated/α-hetero) is 1. The normalized spacial score (nSPS) is 14.4. The summed E-state index contributed by atoms with van der Waals surface area (Å²) in [5.74, 6) is -1.31. The molecule has 0 amide bonds. The zero-order valence-corrected chi connectivity index (χ0v) is 8.53. The fourth-order valence-corrected chi connectivity index (χ4v) is 1.04. The fraction of sp³-hybridized carbons (Fsp3) is 0.700. The highest BCUT2D eigenvalue weighted by atomic mass is 16.4. The van der Waals surface area contributed by atoms with E-state index in [1.807, 2.05) is 6.92 Å². The molecule has 0 aliphatic rings. The molecule has 0 spiro atoms. The summed E-state index contributed by atoms with van der Waals surface area (Å²) < 4.78 is 0. The number of carboxylic acid groups (broad SMARTS) is 1. The van der Waals surface area contributed by atoms with Crippen molar-refractivity contribution in [1.82, 2.24) is 0 Å². The average molecular weight is 200 g/mol. The van der Waals surface area contributed by atoms with E-state index >= 15 is 0 Å². The van der Waals surface area contributed by atoms with Gasteiger partial charge in [-0.1, -0.05) is 13.8 Å². The monoisotopic (exact) mass is 200 g/mol. The van der Waals surface area contributed by atoms with Gasteiger partial charge in [-0.25, -0.2) is 0 Å². The lowest BCUT2D eigenvalue weighted by molar-refractivity contribution is -0.140. The van der Waals surface area contributed by atoms with Crippen LogP contribution in [0.15, 0.2) is 0 Å². The Morgan fingerprint density at radius 1 is 1.36 bits per heavy atom. The van der Waals surface area contributed by atoms with Crippen LogP contribution in [-0.2, 0) is 14.4 Å². The fourth-order valence-electron chi connectivity index (χ4n) is 1.04. The number of carbonyl (C=O) groups excluding carboxylic acids is 2. The molecule has 80 valence electrons. The van der Waals surface area contributed by atoms with E-state index in [4.69, 9.17) is 5.11 Å². The minimum absolute atomic E-state index is 0.0763. The van der Waals surface area contributed by atoms with Crippen LogP contribution < -0.4 is 0 Å². The molecule has 0 bridgehead atoms. The molecule has 0 heterocycles. The Morgan fingerprint density at radius 2 is 1.93 bits per heavy atom. The highest BCUT2D eigenvalue weighted by Gasteiger charge is 2.14. The van der Waals surface area contributed by atoms with Gasteiger partial charge in [0.15, 0.2) is 0 Å². The summed E-state index contributed by atoms with van der Waals surface area (Å²) >= 11 is 0. The lowest BCUT2D eigenvalue weighted by Gasteiger charge is -2.12. The molecule has 0 saturated heterocycles. The van der Waals surface area contributed by atoms with Gasteiger partial charge in [0, 0.05) is 12.3 Å². The van der Waals surface area contributed by atoms with Crippen molar-refractivity contribution < 1.29 is 19.5 Å². The van der Waals surface area contributed by atoms with E-state index in [0.717, 1.165) is 6.29 Å². The van der Waals surface area contributed by atoms with Crippen LogP contribution in [-0.4, -0.2) is 23.1 Å². The van der Waals surface area contributed by atoms with Crippen molar-refractivity contribution >= 4 is 18.0 Å². The number of rotatable bonds is 7. The number of hydrogen-bond donors (Lipinski definition) is 1. The minimum atomic E-state index is -1.09. The third-order valence-corrected chi connectivity index (χ3v) is 2.34. The molecule has 0 radical (unpaired) electrons. The molecular formula is C10H16O4. The highest BCUT2D eigenvalue weighted by molar-refractivity contribution is 5.94. The Hall–Kier alpha value is -1.19. The summed E-state index contributed by atoms with van der Waals surface area (Å²) in [4.78, 5) is 31.6. The number of aldehydes is 1. The average Bonchev–Trinajstić information content (AvgIpc) is 2.11. The van der Waals surface area contributed by atoms with Crippen LogP contribution >= 0.6 is 0 Å². The Bertz CT molecular complexity index is 222. The van der Waals surface area contributed by atoms with Crippen molar-refractivity contribution in [3.8, 4) is 0 Å². The van der Waals surface area contributed by atoms with Gasteiger partial charge >= 0.3 is 5.97 Å². The largest absolute Gasteiger partial charge is 0.481 e. The van der Waals surface area contributed by atoms with Gasteiger partial charge in [-0.2, -0.15) is 0 Å². The van der Waals surface area contributed by atoms with E-state index in [1.54, 1.807) is 6.92 Å². The molecule has 2 atom stereocenters. The number of aliphatic carboxylic acids is 1. The summed E-state index contributed by atoms with van der Waals surface area (Å²) in [7, 11) is 0. The van der Waals surface area contributed by atoms with Gasteiger partial charge in [0.1, 0.15) is 18.5 Å². The predicted octanol–water partition coefficient (Wildman–Crippen LogP) is 1.28. The number of ketones is 1. The minimum Gasteiger partial charge on any atom is -0.481 e. The standard InChI is InChI=1S/C10H16O4/c1-7(8(2)6-11)3-4-9(12)5-10(13)14/h6-8H,3-5H2,1-2H3,(H,13,14). The van der Waals surface area contributed by atoms with Crippen molar-refractivity contribution in [3.05, 3.63) is 0 Å². The molecule has 0 aliphatic carbocycles. The molecule has 0 rings (SSSR count). The van der Waals surface area contributed by atoms with E-state index in [2.05, 4.69) is 0 Å². The van der Waals surface area contributed by atoms with Crippen molar-refractivity contribution in [1.29, 1.82) is 0 Å². The Kier molecular flexibility index (Phi) is 5.76. The van der Waals surface area contributed by atoms with Crippen LogP contribution in [0, 0.1) is 11.8 Å². The molecule has 4 nitrogen and oxygen atoms in total. The van der Waals surface area contributed by atoms with Gasteiger partial charge in [0.05, 0.1) is 0 Å². The molecule has 4 heteroatoms. The molecule has 0 fully saturated rings. The maximum atomic E-state index is 11.0. The van der Waals surface area contributed by atoms with Gasteiger partial charge in [-0.3, -0.25) is 9.59 Å². The Balaban J connectivity index is 3.76. The van der Waals surface area contributed by atoms with Crippen molar-refractivity contribution in [2.75, 3.05) is 0 Å². The Labute approximate surface area is 83.3 Å². The first kappa shape index (κ1) is 12.8. The third kappa shape index (κ3) is 5.45. The maximum Gasteiger partial charge on any atom is 0.310 e. The number of carboxylic acids is 1. The second kappa shape index (κ2) is 6.29. The highest BCUT2D eigenvalue weighted by Crippen LogP contribution is 2.15. The number of carbonyl (C=O) groups is 3. The molecule has 2 unspecified atom stereocenters. The Morgan fingerprint density at radius 3 is 2.36 bits per heavy atom. The molecule has 1 N–H and O–H groups in total. The van der Waals surface area contributed by atoms with Crippen LogP contribution in [0.5, 0.6) is 0 Å². The van der Waals surface area contributed by atoms with E-state index in [-0.39, 0.29) is 24.0 Å². The van der Waals surface area contributed by atoms with Crippen molar-refractivity contribution in [2.24, 2.45) is 11.8 Å². The van der Waals surface area contributed by atoms with Gasteiger partial charge in [-0.15, -0.1) is 0 Å². The summed E-state index contributed by atoms with van der Waals surface area (Å²) in [5.41, 5.74) is 0. The first-order chi connectivity index (χ1) is 6.47. The molecule has 0 aromatic carbocycles. The number of hydrogen-bond acceptors (Lipinski definition) is 3. The second-order valence-electron chi connectivity index (χ2n) is 3.62. The van der Waals surface area contributed by atoms with Crippen molar-refractivity contribution in [2.45, 2.75) is 33.1 Å². The summed E-state index contributed by atoms with van der Waals surface area (Å²) in [6, 6.07) is 0. The van der Waals surface area contributed by atoms with Crippen molar-refractivity contribution in [3.63, 3.8) is 0 Å². The zero-order valence-electron chi connectivity index (χ0n) is 8.53. The summed E-state index contributed by atoms with van der Waals surface area (Å²) in [6.45, 7) is 3.67. The maximum absolute atomic E-state index is 11.0. The van der Waals surface area contributed by atoms with Gasteiger partial charge in [-0.05, 0) is 12.3 Å². The van der Waals surface area contributed by atoms with Crippen LogP contribution in [0.25, 0.3) is 0 Å². The topological polar surface area (TPSA) is 71.4 Å². The predicted molar refractivity (Wildman–Crippen MR) is 50.9 cm³/mol. The van der Waals surface area contributed by atoms with Gasteiger partial charge in [0.2, 0.25) is 0 Å². The van der Waals surface area contributed by atoms with Crippen LogP contribution in [0.2, 0.25) is 0 Å². The third-order valence-electron chi connectivity index (χ3n) is 2.34. The summed E-state index contributed by atoms with van der Waals surface area (Å²) in [6.07, 6.45) is 1.26.